The molecule has 0 aliphatic heterocycles. The summed E-state index contributed by atoms with van der Waals surface area (Å²) in [4.78, 5) is 27.3. The third kappa shape index (κ3) is 8.44. The molecule has 0 heterocycles. The highest BCUT2D eigenvalue weighted by Gasteiger charge is 2.26. The number of hydrogen-bond acceptors (Lipinski definition) is 4. The highest BCUT2D eigenvalue weighted by Crippen LogP contribution is 2.18. The Kier molecular flexibility index (Phi) is 10.5. The van der Waals surface area contributed by atoms with Gasteiger partial charge in [0.05, 0.1) is 11.9 Å². The van der Waals surface area contributed by atoms with Crippen molar-refractivity contribution in [3.05, 3.63) is 66.0 Å². The summed E-state index contributed by atoms with van der Waals surface area (Å²) in [5, 5.41) is 2.85. The molecule has 1 N–H and O–H groups in total. The second kappa shape index (κ2) is 13.1. The molecular weight excluding hydrogens is 457 g/mol. The van der Waals surface area contributed by atoms with E-state index in [-0.39, 0.29) is 43.6 Å². The predicted octanol–water partition coefficient (Wildman–Crippen LogP) is 3.71. The first kappa shape index (κ1) is 27.3. The minimum absolute atomic E-state index is 0.0621. The fraction of sp³-hybridized carbons (Fsp3) is 0.440. The fourth-order valence-corrected chi connectivity index (χ4v) is 4.47. The van der Waals surface area contributed by atoms with Crippen LogP contribution in [0.4, 0.5) is 10.1 Å². The first-order valence-electron chi connectivity index (χ1n) is 11.5. The van der Waals surface area contributed by atoms with Crippen molar-refractivity contribution < 1.29 is 22.4 Å². The lowest BCUT2D eigenvalue weighted by molar-refractivity contribution is -0.140. The first-order valence-corrected chi connectivity index (χ1v) is 13.3. The monoisotopic (exact) mass is 491 g/mol. The van der Waals surface area contributed by atoms with Crippen LogP contribution in [0.25, 0.3) is 0 Å². The summed E-state index contributed by atoms with van der Waals surface area (Å²) in [7, 11) is -3.52. The summed E-state index contributed by atoms with van der Waals surface area (Å²) < 4.78 is 39.2. The molecular formula is C25H34FN3O4S. The molecule has 2 aromatic carbocycles. The summed E-state index contributed by atoms with van der Waals surface area (Å²) in [5.41, 5.74) is 1.23. The molecule has 0 spiro atoms. The maximum Gasteiger partial charge on any atom is 0.242 e. The Hall–Kier alpha value is -2.94. The predicted molar refractivity (Wildman–Crippen MR) is 132 cm³/mol. The average molecular weight is 492 g/mol. The van der Waals surface area contributed by atoms with Crippen molar-refractivity contribution in [1.82, 2.24) is 10.2 Å². The van der Waals surface area contributed by atoms with Gasteiger partial charge in [0.25, 0.3) is 0 Å². The Bertz CT molecular complexity index is 1030. The smallest absolute Gasteiger partial charge is 0.242 e. The van der Waals surface area contributed by atoms with Crippen molar-refractivity contribution in [1.29, 1.82) is 0 Å². The van der Waals surface area contributed by atoms with Gasteiger partial charge in [-0.1, -0.05) is 43.7 Å². The third-order valence-corrected chi connectivity index (χ3v) is 6.65. The number of sulfonamides is 1. The first-order chi connectivity index (χ1) is 16.1. The zero-order valence-corrected chi connectivity index (χ0v) is 20.9. The minimum Gasteiger partial charge on any atom is -0.354 e. The van der Waals surface area contributed by atoms with Crippen LogP contribution in [0.1, 0.15) is 45.1 Å². The van der Waals surface area contributed by atoms with Crippen molar-refractivity contribution in [3.63, 3.8) is 0 Å². The van der Waals surface area contributed by atoms with E-state index in [2.05, 4.69) is 5.32 Å². The van der Waals surface area contributed by atoms with Crippen molar-refractivity contribution in [2.24, 2.45) is 0 Å². The van der Waals surface area contributed by atoms with E-state index in [1.165, 1.54) is 21.3 Å². The molecule has 0 bridgehead atoms. The number of anilines is 1. The molecule has 0 saturated heterocycles. The van der Waals surface area contributed by atoms with Crippen LogP contribution in [-0.4, -0.2) is 50.5 Å². The zero-order valence-electron chi connectivity index (χ0n) is 20.0. The molecule has 7 nitrogen and oxygen atoms in total. The maximum absolute atomic E-state index is 13.3. The van der Waals surface area contributed by atoms with Gasteiger partial charge in [-0.3, -0.25) is 13.9 Å². The maximum atomic E-state index is 13.3. The molecule has 186 valence electrons. The highest BCUT2D eigenvalue weighted by molar-refractivity contribution is 7.92. The van der Waals surface area contributed by atoms with Gasteiger partial charge in [-0.05, 0) is 49.6 Å². The van der Waals surface area contributed by atoms with Crippen molar-refractivity contribution in [2.45, 2.75) is 52.1 Å². The summed E-state index contributed by atoms with van der Waals surface area (Å²) in [6.07, 6.45) is 3.25. The molecule has 0 radical (unpaired) electrons. The van der Waals surface area contributed by atoms with Crippen LogP contribution in [0.2, 0.25) is 0 Å². The third-order valence-electron chi connectivity index (χ3n) is 5.46. The molecule has 9 heteroatoms. The molecule has 0 aromatic heterocycles. The van der Waals surface area contributed by atoms with Crippen LogP contribution < -0.4 is 9.62 Å². The van der Waals surface area contributed by atoms with Gasteiger partial charge in [-0.25, -0.2) is 12.8 Å². The van der Waals surface area contributed by atoms with Gasteiger partial charge in [0.15, 0.2) is 0 Å². The second-order valence-corrected chi connectivity index (χ2v) is 10.1. The number of benzene rings is 2. The lowest BCUT2D eigenvalue weighted by atomic mass is 10.1. The zero-order chi connectivity index (χ0) is 25.1. The largest absolute Gasteiger partial charge is 0.354 e. The number of halogens is 1. The van der Waals surface area contributed by atoms with E-state index in [1.54, 1.807) is 49.4 Å². The standard InChI is InChI=1S/C25H34FN3O4S/c1-4-5-17-27-25(31)20(2)28(19-21-13-15-22(26)16-14-21)24(30)12-9-18-29(34(3,32)33)23-10-7-6-8-11-23/h6-8,10-11,13-16,20H,4-5,9,12,17-19H2,1-3H3,(H,27,31)/t20-/m1/s1. The average Bonchev–Trinajstić information content (AvgIpc) is 2.80. The highest BCUT2D eigenvalue weighted by atomic mass is 32.2. The lowest BCUT2D eigenvalue weighted by Gasteiger charge is -2.29. The molecule has 2 rings (SSSR count). The SMILES string of the molecule is CCCCNC(=O)[C@@H](C)N(Cc1ccc(F)cc1)C(=O)CCCN(c1ccccc1)S(C)(=O)=O. The Labute approximate surface area is 202 Å². The van der Waals surface area contributed by atoms with E-state index in [9.17, 15) is 22.4 Å². The number of carbonyl (C=O) groups excluding carboxylic acids is 2. The van der Waals surface area contributed by atoms with Crippen LogP contribution in [0.15, 0.2) is 54.6 Å². The van der Waals surface area contributed by atoms with Gasteiger partial charge in [0.1, 0.15) is 11.9 Å². The van der Waals surface area contributed by atoms with E-state index < -0.39 is 16.1 Å². The van der Waals surface area contributed by atoms with Crippen LogP contribution in [0.5, 0.6) is 0 Å². The van der Waals surface area contributed by atoms with Crippen LogP contribution in [0.3, 0.4) is 0 Å². The summed E-state index contributed by atoms with van der Waals surface area (Å²) >= 11 is 0. The lowest BCUT2D eigenvalue weighted by Crippen LogP contribution is -2.48. The molecule has 2 amide bonds. The van der Waals surface area contributed by atoms with E-state index in [1.807, 2.05) is 6.92 Å². The van der Waals surface area contributed by atoms with Crippen LogP contribution in [0, 0.1) is 5.82 Å². The molecule has 0 saturated carbocycles. The van der Waals surface area contributed by atoms with Crippen LogP contribution >= 0.6 is 0 Å². The van der Waals surface area contributed by atoms with Gasteiger partial charge in [0, 0.05) is 26.1 Å². The van der Waals surface area contributed by atoms with Gasteiger partial charge < -0.3 is 10.2 Å². The molecule has 2 aromatic rings. The number of nitrogens with zero attached hydrogens (tertiary/aromatic N) is 2. The normalized spacial score (nSPS) is 12.1. The number of rotatable bonds is 13. The van der Waals surface area contributed by atoms with E-state index in [0.717, 1.165) is 19.1 Å². The van der Waals surface area contributed by atoms with Crippen LogP contribution in [-0.2, 0) is 26.2 Å². The quantitative estimate of drug-likeness (QED) is 0.433. The number of hydrogen-bond donors (Lipinski definition) is 1. The summed E-state index contributed by atoms with van der Waals surface area (Å²) in [5.74, 6) is -0.913. The summed E-state index contributed by atoms with van der Waals surface area (Å²) in [6.45, 7) is 4.50. The second-order valence-electron chi connectivity index (χ2n) is 8.24. The molecule has 0 aliphatic rings. The number of unbranched alkanes of at least 4 members (excludes halogenated alkanes) is 1. The van der Waals surface area contributed by atoms with Gasteiger partial charge in [0.2, 0.25) is 21.8 Å². The van der Waals surface area contributed by atoms with Crippen molar-refractivity contribution >= 4 is 27.5 Å². The molecule has 0 aliphatic carbocycles. The minimum atomic E-state index is -3.52. The Morgan fingerprint density at radius 1 is 1.03 bits per heavy atom. The Morgan fingerprint density at radius 3 is 2.26 bits per heavy atom. The Morgan fingerprint density at radius 2 is 1.68 bits per heavy atom. The van der Waals surface area contributed by atoms with Gasteiger partial charge in [-0.15, -0.1) is 0 Å². The number of nitrogens with one attached hydrogen (secondary N) is 1. The fourth-order valence-electron chi connectivity index (χ4n) is 3.50. The summed E-state index contributed by atoms with van der Waals surface area (Å²) in [6, 6.07) is 13.8. The topological polar surface area (TPSA) is 86.8 Å². The molecule has 0 fully saturated rings. The molecule has 1 atom stereocenters. The van der Waals surface area contributed by atoms with Gasteiger partial charge >= 0.3 is 0 Å². The van der Waals surface area contributed by atoms with Crippen molar-refractivity contribution in [2.75, 3.05) is 23.7 Å². The Balaban J connectivity index is 2.11. The molecule has 0 unspecified atom stereocenters. The van der Waals surface area contributed by atoms with Crippen molar-refractivity contribution in [3.8, 4) is 0 Å². The number of amides is 2. The number of carbonyl (C=O) groups is 2. The number of para-hydroxylation sites is 1. The van der Waals surface area contributed by atoms with Gasteiger partial charge in [-0.2, -0.15) is 0 Å². The van der Waals surface area contributed by atoms with E-state index in [4.69, 9.17) is 0 Å². The molecule has 34 heavy (non-hydrogen) atoms. The van der Waals surface area contributed by atoms with E-state index >= 15 is 0 Å². The van der Waals surface area contributed by atoms with E-state index in [0.29, 0.717) is 17.8 Å².